The van der Waals surface area contributed by atoms with E-state index in [9.17, 15) is 28.2 Å². The molecule has 7 nitrogen and oxygen atoms in total. The fourth-order valence-corrected chi connectivity index (χ4v) is 1.89. The molecule has 2 atom stereocenters. The summed E-state index contributed by atoms with van der Waals surface area (Å²) in [6, 6.07) is 0.636. The van der Waals surface area contributed by atoms with Gasteiger partial charge in [-0.1, -0.05) is 0 Å². The number of amides is 1. The summed E-state index contributed by atoms with van der Waals surface area (Å²) in [5.41, 5.74) is 3.36. The van der Waals surface area contributed by atoms with Crippen LogP contribution in [0.4, 0.5) is 23.8 Å². The first-order chi connectivity index (χ1) is 11.3. The van der Waals surface area contributed by atoms with Crippen LogP contribution in [0.3, 0.4) is 0 Å². The van der Waals surface area contributed by atoms with E-state index in [-0.39, 0.29) is 24.3 Å². The molecule has 1 amide bonds. The number of hydrogen-bond acceptors (Lipinski definition) is 6. The number of nitrogens with one attached hydrogen (secondary N) is 1. The predicted molar refractivity (Wildman–Crippen MR) is 83.5 cm³/mol. The zero-order valence-corrected chi connectivity index (χ0v) is 14.1. The summed E-state index contributed by atoms with van der Waals surface area (Å²) in [6.07, 6.45) is -8.09. The Bertz CT molecular complexity index is 603. The average molecular weight is 365 g/mol. The second kappa shape index (κ2) is 7.87. The van der Waals surface area contributed by atoms with Crippen LogP contribution in [0.25, 0.3) is 0 Å². The number of alkyl carbamates (subject to hydrolysis) is 1. The number of carbonyl (C=O) groups is 1. The summed E-state index contributed by atoms with van der Waals surface area (Å²) in [6.45, 7) is 4.97. The molecule has 0 spiro atoms. The van der Waals surface area contributed by atoms with E-state index in [1.807, 2.05) is 0 Å². The van der Waals surface area contributed by atoms with Crippen LogP contribution in [-0.4, -0.2) is 39.5 Å². The van der Waals surface area contributed by atoms with E-state index in [1.165, 1.54) is 0 Å². The van der Waals surface area contributed by atoms with E-state index in [0.29, 0.717) is 12.3 Å². The van der Waals surface area contributed by atoms with Crippen LogP contribution in [0.15, 0.2) is 12.3 Å². The molecule has 0 fully saturated rings. The lowest BCUT2D eigenvalue weighted by molar-refractivity contribution is -0.138. The minimum atomic E-state index is -4.65. The van der Waals surface area contributed by atoms with Crippen LogP contribution in [0, 0.1) is 0 Å². The van der Waals surface area contributed by atoms with Crippen molar-refractivity contribution >= 4 is 11.9 Å². The third-order valence-corrected chi connectivity index (χ3v) is 3.07. The van der Waals surface area contributed by atoms with Crippen LogP contribution in [0.5, 0.6) is 0 Å². The number of rotatable bonds is 5. The molecule has 1 heterocycles. The lowest BCUT2D eigenvalue weighted by atomic mass is 10.0. The minimum absolute atomic E-state index is 0.0561. The van der Waals surface area contributed by atoms with Crippen molar-refractivity contribution in [1.82, 2.24) is 10.3 Å². The highest BCUT2D eigenvalue weighted by Crippen LogP contribution is 2.32. The van der Waals surface area contributed by atoms with Crippen molar-refractivity contribution in [2.45, 2.75) is 51.2 Å². The number of aliphatic hydroxyl groups is 2. The Kier molecular flexibility index (Phi) is 6.61. The summed E-state index contributed by atoms with van der Waals surface area (Å²) in [7, 11) is 0. The molecule has 0 bridgehead atoms. The molecule has 0 radical (unpaired) electrons. The minimum Gasteiger partial charge on any atom is -0.444 e. The lowest BCUT2D eigenvalue weighted by Gasteiger charge is -2.22. The normalized spacial score (nSPS) is 14.7. The van der Waals surface area contributed by atoms with Crippen molar-refractivity contribution in [3.8, 4) is 0 Å². The van der Waals surface area contributed by atoms with Crippen molar-refractivity contribution in [3.63, 3.8) is 0 Å². The number of hydrogen-bond donors (Lipinski definition) is 4. The van der Waals surface area contributed by atoms with Gasteiger partial charge in [0.05, 0.1) is 11.7 Å². The molecule has 0 saturated heterocycles. The molecule has 0 aliphatic heterocycles. The highest BCUT2D eigenvalue weighted by atomic mass is 19.4. The molecular formula is C15H22F3N3O4. The third kappa shape index (κ3) is 6.75. The van der Waals surface area contributed by atoms with Gasteiger partial charge in [-0.3, -0.25) is 0 Å². The van der Waals surface area contributed by atoms with Gasteiger partial charge in [-0.05, 0) is 33.3 Å². The van der Waals surface area contributed by atoms with Gasteiger partial charge in [0.1, 0.15) is 17.5 Å². The molecule has 0 aromatic carbocycles. The van der Waals surface area contributed by atoms with Gasteiger partial charge in [0, 0.05) is 18.3 Å². The number of alkyl halides is 3. The number of nitrogens with two attached hydrogens (primary N) is 1. The first-order valence-corrected chi connectivity index (χ1v) is 7.47. The molecule has 142 valence electrons. The molecule has 0 aliphatic carbocycles. The van der Waals surface area contributed by atoms with Gasteiger partial charge >= 0.3 is 12.3 Å². The Labute approximate surface area is 143 Å². The first kappa shape index (κ1) is 21.0. The van der Waals surface area contributed by atoms with Gasteiger partial charge < -0.3 is 26.0 Å². The molecule has 1 aromatic heterocycles. The Morgan fingerprint density at radius 2 is 1.96 bits per heavy atom. The molecule has 0 saturated carbocycles. The standard InChI is InChI=1S/C15H22F3N3O4/c1-14(2,3)25-13(24)20-5-4-10(22)11(23)9-6-8(15(16,17)18)7-21-12(9)19/h6-7,10-11,22-23H,4-5H2,1-3H3,(H2,19,21)(H,20,24). The largest absolute Gasteiger partial charge is 0.444 e. The Hall–Kier alpha value is -2.07. The number of carbonyl (C=O) groups excluding carboxylic acids is 1. The van der Waals surface area contributed by atoms with Gasteiger partial charge in [0.2, 0.25) is 0 Å². The van der Waals surface area contributed by atoms with Gasteiger partial charge in [0.15, 0.2) is 0 Å². The Morgan fingerprint density at radius 1 is 1.36 bits per heavy atom. The quantitative estimate of drug-likeness (QED) is 0.634. The highest BCUT2D eigenvalue weighted by Gasteiger charge is 2.33. The van der Waals surface area contributed by atoms with Crippen LogP contribution in [-0.2, 0) is 10.9 Å². The van der Waals surface area contributed by atoms with Crippen LogP contribution < -0.4 is 11.1 Å². The van der Waals surface area contributed by atoms with Crippen molar-refractivity contribution in [2.24, 2.45) is 0 Å². The number of halogens is 3. The van der Waals surface area contributed by atoms with E-state index in [2.05, 4.69) is 10.3 Å². The SMILES string of the molecule is CC(C)(C)OC(=O)NCCC(O)C(O)c1cc(C(F)(F)F)cnc1N. The zero-order valence-electron chi connectivity index (χ0n) is 14.1. The summed E-state index contributed by atoms with van der Waals surface area (Å²) < 4.78 is 43.1. The number of nitrogens with zero attached hydrogens (tertiary/aromatic N) is 1. The maximum absolute atomic E-state index is 12.7. The monoisotopic (exact) mass is 365 g/mol. The highest BCUT2D eigenvalue weighted by molar-refractivity contribution is 5.67. The van der Waals surface area contributed by atoms with E-state index in [0.717, 1.165) is 0 Å². The fraction of sp³-hybridized carbons (Fsp3) is 0.600. The maximum atomic E-state index is 12.7. The third-order valence-electron chi connectivity index (χ3n) is 3.07. The van der Waals surface area contributed by atoms with E-state index >= 15 is 0 Å². The van der Waals surface area contributed by atoms with Crippen LogP contribution in [0.1, 0.15) is 44.4 Å². The second-order valence-corrected chi connectivity index (χ2v) is 6.43. The number of pyridine rings is 1. The topological polar surface area (TPSA) is 118 Å². The number of anilines is 1. The maximum Gasteiger partial charge on any atom is 0.417 e. The summed E-state index contributed by atoms with van der Waals surface area (Å²) >= 11 is 0. The summed E-state index contributed by atoms with van der Waals surface area (Å²) in [5.74, 6) is -0.320. The predicted octanol–water partition coefficient (Wildman–Crippen LogP) is 1.99. The lowest BCUT2D eigenvalue weighted by Crippen LogP contribution is -2.34. The summed E-state index contributed by atoms with van der Waals surface area (Å²) in [4.78, 5) is 14.9. The van der Waals surface area contributed by atoms with Gasteiger partial charge in [-0.2, -0.15) is 13.2 Å². The number of aromatic nitrogens is 1. The fourth-order valence-electron chi connectivity index (χ4n) is 1.89. The smallest absolute Gasteiger partial charge is 0.417 e. The van der Waals surface area contributed by atoms with Crippen LogP contribution >= 0.6 is 0 Å². The number of ether oxygens (including phenoxy) is 1. The van der Waals surface area contributed by atoms with Gasteiger partial charge in [-0.25, -0.2) is 9.78 Å². The molecule has 10 heteroatoms. The van der Waals surface area contributed by atoms with Gasteiger partial charge in [-0.15, -0.1) is 0 Å². The van der Waals surface area contributed by atoms with Crippen molar-refractivity contribution in [1.29, 1.82) is 0 Å². The Balaban J connectivity index is 2.68. The molecule has 0 aliphatic rings. The Morgan fingerprint density at radius 3 is 2.48 bits per heavy atom. The molecule has 5 N–H and O–H groups in total. The first-order valence-electron chi connectivity index (χ1n) is 7.47. The molecule has 1 aromatic rings. The summed E-state index contributed by atoms with van der Waals surface area (Å²) in [5, 5.41) is 22.3. The van der Waals surface area contributed by atoms with Crippen molar-refractivity contribution < 1.29 is 32.9 Å². The molecule has 25 heavy (non-hydrogen) atoms. The molecule has 2 unspecified atom stereocenters. The molecule has 1 rings (SSSR count). The molecular weight excluding hydrogens is 343 g/mol. The van der Waals surface area contributed by atoms with Crippen LogP contribution in [0.2, 0.25) is 0 Å². The number of aliphatic hydroxyl groups excluding tert-OH is 2. The average Bonchev–Trinajstić information content (AvgIpc) is 2.43. The van der Waals surface area contributed by atoms with E-state index in [1.54, 1.807) is 20.8 Å². The van der Waals surface area contributed by atoms with Crippen molar-refractivity contribution in [3.05, 3.63) is 23.4 Å². The van der Waals surface area contributed by atoms with E-state index in [4.69, 9.17) is 10.5 Å². The zero-order chi connectivity index (χ0) is 19.4. The second-order valence-electron chi connectivity index (χ2n) is 6.43. The number of nitrogen functional groups attached to an aromatic ring is 1. The van der Waals surface area contributed by atoms with Crippen molar-refractivity contribution in [2.75, 3.05) is 12.3 Å². The van der Waals surface area contributed by atoms with Gasteiger partial charge in [0.25, 0.3) is 0 Å². The van der Waals surface area contributed by atoms with E-state index < -0.39 is 35.6 Å².